The molecule has 2 heterocycles. The topological polar surface area (TPSA) is 74.8 Å². The number of rotatable bonds is 4. The number of hydrogen-bond donors (Lipinski definition) is 0. The molecule has 37 heavy (non-hydrogen) atoms. The predicted molar refractivity (Wildman–Crippen MR) is 144 cm³/mol. The number of anilines is 1. The molecular formula is C31H26N2O4. The van der Waals surface area contributed by atoms with Gasteiger partial charge in [-0.15, -0.1) is 0 Å². The number of hydrogen-bond acceptors (Lipinski definition) is 4. The summed E-state index contributed by atoms with van der Waals surface area (Å²) in [5, 5.41) is 0.678. The normalized spacial score (nSPS) is 15.7. The Morgan fingerprint density at radius 2 is 1.24 bits per heavy atom. The molecule has 0 atom stereocenters. The molecule has 0 saturated carbocycles. The summed E-state index contributed by atoms with van der Waals surface area (Å²) in [6.07, 6.45) is 3.78. The van der Waals surface area contributed by atoms with Gasteiger partial charge in [-0.3, -0.25) is 19.2 Å². The van der Waals surface area contributed by atoms with Crippen molar-refractivity contribution < 1.29 is 19.2 Å². The number of nitrogens with zero attached hydrogens (tertiary/aromatic N) is 2. The van der Waals surface area contributed by atoms with Crippen LogP contribution in [-0.2, 0) is 0 Å². The summed E-state index contributed by atoms with van der Waals surface area (Å²) >= 11 is 0. The first-order chi connectivity index (χ1) is 17.6. The maximum atomic E-state index is 13.6. The van der Waals surface area contributed by atoms with Gasteiger partial charge in [-0.25, -0.2) is 9.80 Å². The quantitative estimate of drug-likeness (QED) is 0.319. The van der Waals surface area contributed by atoms with Crippen molar-refractivity contribution in [1.29, 1.82) is 0 Å². The van der Waals surface area contributed by atoms with Crippen LogP contribution in [0.3, 0.4) is 0 Å². The van der Waals surface area contributed by atoms with E-state index in [1.807, 2.05) is 52.0 Å². The number of carbonyl (C=O) groups excluding carboxylic acids is 4. The van der Waals surface area contributed by atoms with E-state index in [4.69, 9.17) is 0 Å². The number of aryl methyl sites for hydroxylation is 2. The van der Waals surface area contributed by atoms with Crippen LogP contribution in [0.4, 0.5) is 5.69 Å². The summed E-state index contributed by atoms with van der Waals surface area (Å²) in [4.78, 5) is 56.7. The SMILES string of the molecule is C=C(/C(C)=C\C(C)=C/C)N1C(=O)c2ccc3c4c(ccc(c24)C1=O)C(=O)N(c1ccc(C)cc1C)C3=O. The number of allylic oxidation sites excluding steroid dienone is 4. The second kappa shape index (κ2) is 8.52. The molecule has 6 nitrogen and oxygen atoms in total. The average molecular weight is 491 g/mol. The molecule has 0 unspecified atom stereocenters. The van der Waals surface area contributed by atoms with Gasteiger partial charge in [-0.1, -0.05) is 42.0 Å². The summed E-state index contributed by atoms with van der Waals surface area (Å²) in [6.45, 7) is 13.4. The van der Waals surface area contributed by atoms with E-state index in [0.717, 1.165) is 21.6 Å². The maximum absolute atomic E-state index is 13.6. The molecule has 5 rings (SSSR count). The molecule has 0 saturated heterocycles. The predicted octanol–water partition coefficient (Wildman–Crippen LogP) is 6.28. The minimum absolute atomic E-state index is 0.257. The van der Waals surface area contributed by atoms with Crippen LogP contribution in [-0.4, -0.2) is 28.5 Å². The molecule has 6 heteroatoms. The zero-order valence-electron chi connectivity index (χ0n) is 21.4. The summed E-state index contributed by atoms with van der Waals surface area (Å²) in [5.74, 6) is -2.04. The van der Waals surface area contributed by atoms with Gasteiger partial charge < -0.3 is 0 Å². The third-order valence-electron chi connectivity index (χ3n) is 7.11. The Balaban J connectivity index is 1.67. The highest BCUT2D eigenvalue weighted by Crippen LogP contribution is 2.40. The highest BCUT2D eigenvalue weighted by atomic mass is 16.2. The number of imide groups is 2. The van der Waals surface area contributed by atoms with Crippen molar-refractivity contribution in [3.05, 3.63) is 111 Å². The molecule has 2 aliphatic rings. The Bertz CT molecular complexity index is 1600. The van der Waals surface area contributed by atoms with Crippen molar-refractivity contribution in [1.82, 2.24) is 4.90 Å². The van der Waals surface area contributed by atoms with Gasteiger partial charge in [-0.05, 0) is 76.1 Å². The van der Waals surface area contributed by atoms with Crippen LogP contribution in [0, 0.1) is 13.8 Å². The Labute approximate surface area is 215 Å². The number of amides is 4. The molecule has 0 aliphatic carbocycles. The van der Waals surface area contributed by atoms with Crippen LogP contribution in [0.1, 0.15) is 73.3 Å². The van der Waals surface area contributed by atoms with E-state index in [0.29, 0.717) is 22.0 Å². The molecular weight excluding hydrogens is 464 g/mol. The smallest absolute Gasteiger partial charge is 0.265 e. The van der Waals surface area contributed by atoms with Crippen LogP contribution in [0.2, 0.25) is 0 Å². The largest absolute Gasteiger partial charge is 0.268 e. The number of carbonyl (C=O) groups is 4. The summed E-state index contributed by atoms with van der Waals surface area (Å²) in [6, 6.07) is 11.8. The van der Waals surface area contributed by atoms with Gasteiger partial charge in [0.1, 0.15) is 0 Å². The highest BCUT2D eigenvalue weighted by Gasteiger charge is 2.41. The van der Waals surface area contributed by atoms with Crippen molar-refractivity contribution in [2.45, 2.75) is 34.6 Å². The lowest BCUT2D eigenvalue weighted by Crippen LogP contribution is -2.43. The van der Waals surface area contributed by atoms with Gasteiger partial charge in [0.15, 0.2) is 0 Å². The molecule has 3 aromatic carbocycles. The molecule has 0 radical (unpaired) electrons. The Morgan fingerprint density at radius 3 is 1.70 bits per heavy atom. The third kappa shape index (κ3) is 3.48. The third-order valence-corrected chi connectivity index (χ3v) is 7.11. The van der Waals surface area contributed by atoms with E-state index in [2.05, 4.69) is 6.58 Å². The maximum Gasteiger partial charge on any atom is 0.265 e. The lowest BCUT2D eigenvalue weighted by molar-refractivity contribution is 0.0664. The van der Waals surface area contributed by atoms with Crippen molar-refractivity contribution in [2.75, 3.05) is 4.90 Å². The van der Waals surface area contributed by atoms with Crippen LogP contribution in [0.15, 0.2) is 78.0 Å². The Morgan fingerprint density at radius 1 is 0.757 bits per heavy atom. The summed E-state index contributed by atoms with van der Waals surface area (Å²) in [7, 11) is 0. The van der Waals surface area contributed by atoms with E-state index in [9.17, 15) is 19.2 Å². The molecule has 184 valence electrons. The first kappa shape index (κ1) is 24.1. The molecule has 0 bridgehead atoms. The number of benzene rings is 3. The molecule has 0 N–H and O–H groups in total. The Kier molecular flexibility index (Phi) is 5.56. The lowest BCUT2D eigenvalue weighted by atomic mass is 9.85. The van der Waals surface area contributed by atoms with Gasteiger partial charge in [0.2, 0.25) is 0 Å². The molecule has 2 aliphatic heterocycles. The molecule has 0 spiro atoms. The lowest BCUT2D eigenvalue weighted by Gasteiger charge is -2.33. The minimum atomic E-state index is -0.534. The van der Waals surface area contributed by atoms with Gasteiger partial charge in [0, 0.05) is 38.7 Å². The van der Waals surface area contributed by atoms with E-state index >= 15 is 0 Å². The van der Waals surface area contributed by atoms with E-state index in [-0.39, 0.29) is 28.0 Å². The zero-order valence-corrected chi connectivity index (χ0v) is 21.4. The van der Waals surface area contributed by atoms with Gasteiger partial charge in [-0.2, -0.15) is 0 Å². The van der Waals surface area contributed by atoms with Crippen molar-refractivity contribution in [3.63, 3.8) is 0 Å². The average Bonchev–Trinajstić information content (AvgIpc) is 2.86. The fourth-order valence-electron chi connectivity index (χ4n) is 5.08. The van der Waals surface area contributed by atoms with Gasteiger partial charge >= 0.3 is 0 Å². The Hall–Kier alpha value is -4.58. The molecule has 0 fully saturated rings. The fraction of sp³-hybridized carbons (Fsp3) is 0.161. The van der Waals surface area contributed by atoms with Gasteiger partial charge in [0.25, 0.3) is 23.6 Å². The zero-order chi connectivity index (χ0) is 26.8. The second-order valence-corrected chi connectivity index (χ2v) is 9.56. The van der Waals surface area contributed by atoms with Crippen LogP contribution < -0.4 is 4.90 Å². The second-order valence-electron chi connectivity index (χ2n) is 9.56. The first-order valence-electron chi connectivity index (χ1n) is 12.0. The van der Waals surface area contributed by atoms with Crippen LogP contribution in [0.25, 0.3) is 10.8 Å². The van der Waals surface area contributed by atoms with Crippen molar-refractivity contribution >= 4 is 40.1 Å². The summed E-state index contributed by atoms with van der Waals surface area (Å²) in [5.41, 5.74) is 5.33. The van der Waals surface area contributed by atoms with Crippen molar-refractivity contribution in [2.24, 2.45) is 0 Å². The van der Waals surface area contributed by atoms with Crippen molar-refractivity contribution in [3.8, 4) is 0 Å². The van der Waals surface area contributed by atoms with E-state index < -0.39 is 23.6 Å². The molecule has 3 aromatic rings. The van der Waals surface area contributed by atoms with Crippen LogP contribution in [0.5, 0.6) is 0 Å². The highest BCUT2D eigenvalue weighted by molar-refractivity contribution is 6.39. The summed E-state index contributed by atoms with van der Waals surface area (Å²) < 4.78 is 0. The molecule has 4 amide bonds. The fourth-order valence-corrected chi connectivity index (χ4v) is 5.08. The first-order valence-corrected chi connectivity index (χ1v) is 12.0. The minimum Gasteiger partial charge on any atom is -0.268 e. The van der Waals surface area contributed by atoms with Crippen LogP contribution >= 0.6 is 0 Å². The standard InChI is InChI=1S/C31H26N2O4/c1-7-16(2)14-18(4)20(6)32-28(34)21-9-11-23-27-24(12-10-22(26(21)27)29(32)35)31(37)33(30(23)36)25-13-8-17(3)15-19(25)5/h7-15H,6H2,1-5H3/b16-7-,18-14-. The van der Waals surface area contributed by atoms with E-state index in [1.54, 1.807) is 37.3 Å². The van der Waals surface area contributed by atoms with E-state index in [1.165, 1.54) is 4.90 Å². The molecule has 0 aromatic heterocycles. The monoisotopic (exact) mass is 490 g/mol. The van der Waals surface area contributed by atoms with Gasteiger partial charge in [0.05, 0.1) is 5.69 Å².